The molecule has 0 saturated carbocycles. The number of H-pyrrole nitrogens is 1. The maximum Gasteiger partial charge on any atom is 0.272 e. The second-order valence-corrected chi connectivity index (χ2v) is 11.6. The van der Waals surface area contributed by atoms with E-state index >= 15 is 0 Å². The molecular formula is C24H21ClN6O4S2. The average molecular weight is 557 g/mol. The van der Waals surface area contributed by atoms with E-state index in [0.29, 0.717) is 39.8 Å². The molecule has 3 heterocycles. The molecule has 3 aromatic heterocycles. The van der Waals surface area contributed by atoms with E-state index in [1.165, 1.54) is 31.8 Å². The molecule has 2 aromatic carbocycles. The molecule has 37 heavy (non-hydrogen) atoms. The number of benzene rings is 2. The quantitative estimate of drug-likeness (QED) is 0.248. The molecule has 5 aromatic rings. The molecule has 0 spiro atoms. The molecule has 3 N–H and O–H groups in total. The average Bonchev–Trinajstić information content (AvgIpc) is 3.64. The van der Waals surface area contributed by atoms with E-state index in [-0.39, 0.29) is 15.9 Å². The molecular weight excluding hydrogens is 536 g/mol. The smallest absolute Gasteiger partial charge is 0.272 e. The summed E-state index contributed by atoms with van der Waals surface area (Å²) in [7, 11) is -2.39. The number of aromatic amines is 1. The first-order chi connectivity index (χ1) is 17.8. The summed E-state index contributed by atoms with van der Waals surface area (Å²) in [5, 5.41) is 7.96. The van der Waals surface area contributed by atoms with Gasteiger partial charge in [0.15, 0.2) is 5.82 Å². The van der Waals surface area contributed by atoms with Crippen LogP contribution in [0.1, 0.15) is 21.6 Å². The van der Waals surface area contributed by atoms with Crippen molar-refractivity contribution in [3.63, 3.8) is 0 Å². The Morgan fingerprint density at radius 3 is 2.70 bits per heavy atom. The number of fused-ring (bicyclic) bond motifs is 1. The first-order valence-corrected chi connectivity index (χ1v) is 13.7. The summed E-state index contributed by atoms with van der Waals surface area (Å²) in [4.78, 5) is 18.9. The number of thiophene rings is 1. The van der Waals surface area contributed by atoms with Gasteiger partial charge in [-0.2, -0.15) is 5.10 Å². The number of rotatable bonds is 9. The highest BCUT2D eigenvalue weighted by molar-refractivity contribution is 7.94. The zero-order valence-electron chi connectivity index (χ0n) is 19.4. The molecule has 0 saturated heterocycles. The van der Waals surface area contributed by atoms with Crippen LogP contribution in [-0.4, -0.2) is 41.2 Å². The normalized spacial score (nSPS) is 11.5. The van der Waals surface area contributed by atoms with Crippen molar-refractivity contribution in [1.29, 1.82) is 0 Å². The SMILES string of the molecule is COc1cccc2c1c(NS(=O)(=O)c1ccc(Cl)s1)nn2Cc1cccc(CNC(=O)c2c[nH]cn2)c1. The summed E-state index contributed by atoms with van der Waals surface area (Å²) in [6, 6.07) is 16.1. The number of halogens is 1. The number of anilines is 1. The first kappa shape index (κ1) is 24.8. The van der Waals surface area contributed by atoms with Crippen molar-refractivity contribution in [2.24, 2.45) is 0 Å². The van der Waals surface area contributed by atoms with E-state index in [1.54, 1.807) is 10.7 Å². The van der Waals surface area contributed by atoms with Gasteiger partial charge in [0.25, 0.3) is 15.9 Å². The number of sulfonamides is 1. The van der Waals surface area contributed by atoms with Crippen molar-refractivity contribution < 1.29 is 17.9 Å². The number of imidazole rings is 1. The highest BCUT2D eigenvalue weighted by Gasteiger charge is 2.23. The Balaban J connectivity index is 1.43. The summed E-state index contributed by atoms with van der Waals surface area (Å²) in [6.45, 7) is 0.680. The number of amides is 1. The fourth-order valence-corrected chi connectivity index (χ4v) is 6.34. The molecule has 0 radical (unpaired) electrons. The number of carbonyl (C=O) groups is 1. The van der Waals surface area contributed by atoms with Gasteiger partial charge in [0.2, 0.25) is 0 Å². The van der Waals surface area contributed by atoms with Crippen molar-refractivity contribution in [3.8, 4) is 5.75 Å². The van der Waals surface area contributed by atoms with Gasteiger partial charge in [-0.05, 0) is 35.4 Å². The Labute approximate surface area is 221 Å². The monoisotopic (exact) mass is 556 g/mol. The maximum atomic E-state index is 13.0. The molecule has 13 heteroatoms. The van der Waals surface area contributed by atoms with Gasteiger partial charge >= 0.3 is 0 Å². The largest absolute Gasteiger partial charge is 0.496 e. The van der Waals surface area contributed by atoms with Crippen LogP contribution in [0.2, 0.25) is 4.34 Å². The molecule has 190 valence electrons. The number of carbonyl (C=O) groups excluding carboxylic acids is 1. The second-order valence-electron chi connectivity index (χ2n) is 7.98. The van der Waals surface area contributed by atoms with Gasteiger partial charge in [-0.1, -0.05) is 41.9 Å². The van der Waals surface area contributed by atoms with Crippen LogP contribution in [-0.2, 0) is 23.1 Å². The minimum atomic E-state index is -3.90. The lowest BCUT2D eigenvalue weighted by Crippen LogP contribution is -2.23. The van der Waals surface area contributed by atoms with E-state index in [0.717, 1.165) is 22.5 Å². The minimum Gasteiger partial charge on any atom is -0.496 e. The number of aromatic nitrogens is 4. The third kappa shape index (κ3) is 5.31. The van der Waals surface area contributed by atoms with Gasteiger partial charge in [0, 0.05) is 12.7 Å². The van der Waals surface area contributed by atoms with Gasteiger partial charge in [-0.3, -0.25) is 14.2 Å². The van der Waals surface area contributed by atoms with Crippen LogP contribution in [0.5, 0.6) is 5.75 Å². The molecule has 0 fully saturated rings. The molecule has 5 rings (SSSR count). The van der Waals surface area contributed by atoms with E-state index in [9.17, 15) is 13.2 Å². The van der Waals surface area contributed by atoms with Crippen LogP contribution in [0.3, 0.4) is 0 Å². The standard InChI is InChI=1S/C24H21ClN6O4S2/c1-35-19-7-3-6-18-22(19)23(30-37(33,34)21-9-8-20(25)36-21)29-31(18)13-16-5-2-4-15(10-16)11-27-24(32)17-12-26-14-28-17/h2-10,12,14H,11,13H2,1H3,(H,26,28)(H,27,32)(H,29,30). The Morgan fingerprint density at radius 1 is 1.16 bits per heavy atom. The number of hydrogen-bond acceptors (Lipinski definition) is 7. The van der Waals surface area contributed by atoms with Crippen LogP contribution in [0.15, 0.2) is 71.3 Å². The minimum absolute atomic E-state index is 0.0830. The number of hydrogen-bond donors (Lipinski definition) is 3. The fourth-order valence-electron chi connectivity index (χ4n) is 3.85. The Hall–Kier alpha value is -3.87. The molecule has 1 amide bonds. The van der Waals surface area contributed by atoms with Crippen molar-refractivity contribution in [3.05, 3.63) is 88.3 Å². The summed E-state index contributed by atoms with van der Waals surface area (Å²) < 4.78 is 36.2. The van der Waals surface area contributed by atoms with Crippen LogP contribution in [0.4, 0.5) is 5.82 Å². The lowest BCUT2D eigenvalue weighted by molar-refractivity contribution is 0.0946. The van der Waals surface area contributed by atoms with Crippen LogP contribution in [0.25, 0.3) is 10.9 Å². The Bertz CT molecular complexity index is 1680. The Morgan fingerprint density at radius 2 is 1.97 bits per heavy atom. The van der Waals surface area contributed by atoms with Gasteiger partial charge in [0.05, 0.1) is 35.2 Å². The van der Waals surface area contributed by atoms with Gasteiger partial charge in [-0.25, -0.2) is 13.4 Å². The number of ether oxygens (including phenoxy) is 1. The van der Waals surface area contributed by atoms with Gasteiger partial charge in [-0.15, -0.1) is 11.3 Å². The van der Waals surface area contributed by atoms with Crippen LogP contribution < -0.4 is 14.8 Å². The topological polar surface area (TPSA) is 131 Å². The lowest BCUT2D eigenvalue weighted by atomic mass is 10.1. The highest BCUT2D eigenvalue weighted by Crippen LogP contribution is 2.35. The number of methoxy groups -OCH3 is 1. The van der Waals surface area contributed by atoms with Crippen LogP contribution >= 0.6 is 22.9 Å². The first-order valence-electron chi connectivity index (χ1n) is 11.0. The van der Waals surface area contributed by atoms with E-state index in [1.807, 2.05) is 36.4 Å². The third-order valence-corrected chi connectivity index (χ3v) is 8.57. The second kappa shape index (κ2) is 10.2. The zero-order chi connectivity index (χ0) is 26.0. The maximum absolute atomic E-state index is 13.0. The van der Waals surface area contributed by atoms with Gasteiger partial charge < -0.3 is 15.0 Å². The summed E-state index contributed by atoms with van der Waals surface area (Å²) in [5.41, 5.74) is 2.82. The highest BCUT2D eigenvalue weighted by atomic mass is 35.5. The van der Waals surface area contributed by atoms with Gasteiger partial charge in [0.1, 0.15) is 15.7 Å². The molecule has 0 bridgehead atoms. The van der Waals surface area contributed by atoms with Crippen molar-refractivity contribution in [2.45, 2.75) is 17.3 Å². The fraction of sp³-hybridized carbons (Fsp3) is 0.125. The van der Waals surface area contributed by atoms with E-state index in [4.69, 9.17) is 16.3 Å². The molecule has 0 aliphatic carbocycles. The zero-order valence-corrected chi connectivity index (χ0v) is 21.8. The molecule has 0 atom stereocenters. The third-order valence-electron chi connectivity index (χ3n) is 5.51. The van der Waals surface area contributed by atoms with Crippen molar-refractivity contribution in [2.75, 3.05) is 11.8 Å². The molecule has 0 aliphatic heterocycles. The lowest BCUT2D eigenvalue weighted by Gasteiger charge is -2.08. The molecule has 0 unspecified atom stereocenters. The number of nitrogens with one attached hydrogen (secondary N) is 3. The van der Waals surface area contributed by atoms with E-state index in [2.05, 4.69) is 25.1 Å². The van der Waals surface area contributed by atoms with Crippen molar-refractivity contribution in [1.82, 2.24) is 25.1 Å². The Kier molecular flexibility index (Phi) is 6.87. The predicted molar refractivity (Wildman–Crippen MR) is 142 cm³/mol. The predicted octanol–water partition coefficient (Wildman–Crippen LogP) is 4.26. The van der Waals surface area contributed by atoms with E-state index < -0.39 is 10.0 Å². The molecule has 10 nitrogen and oxygen atoms in total. The summed E-state index contributed by atoms with van der Waals surface area (Å²) in [6.07, 6.45) is 2.98. The number of nitrogens with zero attached hydrogens (tertiary/aromatic N) is 3. The van der Waals surface area contributed by atoms with Crippen LogP contribution in [0, 0.1) is 0 Å². The summed E-state index contributed by atoms with van der Waals surface area (Å²) in [5.74, 6) is 0.362. The summed E-state index contributed by atoms with van der Waals surface area (Å²) >= 11 is 6.90. The van der Waals surface area contributed by atoms with Crippen molar-refractivity contribution >= 4 is 55.6 Å². The molecule has 0 aliphatic rings.